The van der Waals surface area contributed by atoms with Crippen molar-refractivity contribution in [2.75, 3.05) is 0 Å². The summed E-state index contributed by atoms with van der Waals surface area (Å²) in [5.74, 6) is -0.155. The number of hydrogen-bond donors (Lipinski definition) is 2. The summed E-state index contributed by atoms with van der Waals surface area (Å²) in [5, 5.41) is 0. The van der Waals surface area contributed by atoms with E-state index in [4.69, 9.17) is 4.74 Å². The highest BCUT2D eigenvalue weighted by Gasteiger charge is 2.26. The standard InChI is InChI=1S/C23H29N3O3/c1-14-7-6-8-21(16(14)3)29-18(5)23(28)25-24-22(27)12-9-19-13-15(2)26(17(19)4)20-10-11-20/h6-9,12-13,18,20H,10-11H2,1-5H3,(H,24,27)(H,25,28)/b12-9+/t18-/m0/s1. The molecule has 6 nitrogen and oxygen atoms in total. The molecule has 1 aromatic heterocycles. The minimum Gasteiger partial charge on any atom is -0.481 e. The van der Waals surface area contributed by atoms with Crippen LogP contribution in [0.4, 0.5) is 0 Å². The maximum Gasteiger partial charge on any atom is 0.279 e. The Hall–Kier alpha value is -3.02. The van der Waals surface area contributed by atoms with Crippen molar-refractivity contribution in [3.05, 3.63) is 58.4 Å². The van der Waals surface area contributed by atoms with Gasteiger partial charge in [0.05, 0.1) is 0 Å². The predicted octanol–water partition coefficient (Wildman–Crippen LogP) is 3.68. The van der Waals surface area contributed by atoms with E-state index >= 15 is 0 Å². The average Bonchev–Trinajstić information content (AvgIpc) is 3.47. The molecule has 2 aromatic rings. The lowest BCUT2D eigenvalue weighted by Gasteiger charge is -2.17. The van der Waals surface area contributed by atoms with Gasteiger partial charge in [0, 0.05) is 23.5 Å². The van der Waals surface area contributed by atoms with Crippen LogP contribution in [-0.4, -0.2) is 22.5 Å². The Kier molecular flexibility index (Phi) is 6.11. The van der Waals surface area contributed by atoms with Crippen LogP contribution >= 0.6 is 0 Å². The van der Waals surface area contributed by atoms with Crippen molar-refractivity contribution >= 4 is 17.9 Å². The Morgan fingerprint density at radius 1 is 1.17 bits per heavy atom. The third kappa shape index (κ3) is 4.88. The van der Waals surface area contributed by atoms with E-state index in [1.807, 2.05) is 32.0 Å². The third-order valence-corrected chi connectivity index (χ3v) is 5.39. The molecule has 6 heteroatoms. The summed E-state index contributed by atoms with van der Waals surface area (Å²) in [6, 6.07) is 8.38. The molecule has 1 aromatic carbocycles. The van der Waals surface area contributed by atoms with Crippen LogP contribution < -0.4 is 15.6 Å². The molecule has 0 aliphatic heterocycles. The smallest absolute Gasteiger partial charge is 0.279 e. The zero-order valence-electron chi connectivity index (χ0n) is 17.7. The zero-order chi connectivity index (χ0) is 21.1. The van der Waals surface area contributed by atoms with Gasteiger partial charge in [0.25, 0.3) is 11.8 Å². The lowest BCUT2D eigenvalue weighted by atomic mass is 10.1. The van der Waals surface area contributed by atoms with Gasteiger partial charge in [-0.25, -0.2) is 0 Å². The molecular formula is C23H29N3O3. The average molecular weight is 396 g/mol. The largest absolute Gasteiger partial charge is 0.481 e. The summed E-state index contributed by atoms with van der Waals surface area (Å²) in [6.45, 7) is 9.73. The van der Waals surface area contributed by atoms with E-state index < -0.39 is 17.9 Å². The predicted molar refractivity (Wildman–Crippen MR) is 114 cm³/mol. The van der Waals surface area contributed by atoms with E-state index in [1.165, 1.54) is 24.6 Å². The Balaban J connectivity index is 1.52. The van der Waals surface area contributed by atoms with Crippen LogP contribution in [0, 0.1) is 27.7 Å². The van der Waals surface area contributed by atoms with E-state index in [-0.39, 0.29) is 0 Å². The van der Waals surface area contributed by atoms with Crippen LogP contribution in [0.15, 0.2) is 30.3 Å². The van der Waals surface area contributed by atoms with Gasteiger partial charge in [0.1, 0.15) is 5.75 Å². The number of ether oxygens (including phenoxy) is 1. The number of benzene rings is 1. The number of nitrogens with one attached hydrogen (secondary N) is 2. The number of hydrogen-bond acceptors (Lipinski definition) is 3. The maximum atomic E-state index is 12.2. The summed E-state index contributed by atoms with van der Waals surface area (Å²) in [6.07, 6.45) is 4.90. The van der Waals surface area contributed by atoms with Gasteiger partial charge in [0.15, 0.2) is 6.10 Å². The van der Waals surface area contributed by atoms with E-state index in [1.54, 1.807) is 13.0 Å². The highest BCUT2D eigenvalue weighted by Crippen LogP contribution is 2.38. The van der Waals surface area contributed by atoms with Gasteiger partial charge < -0.3 is 9.30 Å². The summed E-state index contributed by atoms with van der Waals surface area (Å²) < 4.78 is 8.05. The van der Waals surface area contributed by atoms with E-state index in [2.05, 4.69) is 35.3 Å². The first-order valence-electron chi connectivity index (χ1n) is 9.97. The van der Waals surface area contributed by atoms with Crippen LogP contribution in [0.3, 0.4) is 0 Å². The van der Waals surface area contributed by atoms with E-state index in [0.29, 0.717) is 11.8 Å². The van der Waals surface area contributed by atoms with Crippen LogP contribution in [0.25, 0.3) is 6.08 Å². The van der Waals surface area contributed by atoms with Gasteiger partial charge in [-0.3, -0.25) is 20.4 Å². The number of hydrazine groups is 1. The lowest BCUT2D eigenvalue weighted by Crippen LogP contribution is -2.46. The monoisotopic (exact) mass is 395 g/mol. The molecule has 0 radical (unpaired) electrons. The minimum atomic E-state index is -0.739. The summed E-state index contributed by atoms with van der Waals surface area (Å²) in [7, 11) is 0. The van der Waals surface area contributed by atoms with Gasteiger partial charge in [-0.05, 0) is 82.4 Å². The number of carbonyl (C=O) groups excluding carboxylic acids is 2. The van der Waals surface area contributed by atoms with Crippen molar-refractivity contribution in [2.24, 2.45) is 0 Å². The van der Waals surface area contributed by atoms with Crippen LogP contribution in [0.1, 0.15) is 53.9 Å². The second-order valence-corrected chi connectivity index (χ2v) is 7.70. The van der Waals surface area contributed by atoms with Gasteiger partial charge in [-0.2, -0.15) is 0 Å². The van der Waals surface area contributed by atoms with Crippen LogP contribution in [-0.2, 0) is 9.59 Å². The molecule has 0 spiro atoms. The number of amides is 2. The summed E-state index contributed by atoms with van der Waals surface area (Å²) in [4.78, 5) is 24.3. The molecule has 0 bridgehead atoms. The van der Waals surface area contributed by atoms with Gasteiger partial charge >= 0.3 is 0 Å². The van der Waals surface area contributed by atoms with Crippen LogP contribution in [0.5, 0.6) is 5.75 Å². The molecule has 0 saturated heterocycles. The lowest BCUT2D eigenvalue weighted by molar-refractivity contribution is -0.131. The molecule has 0 unspecified atom stereocenters. The van der Waals surface area contributed by atoms with Crippen molar-refractivity contribution in [1.82, 2.24) is 15.4 Å². The van der Waals surface area contributed by atoms with Crippen molar-refractivity contribution < 1.29 is 14.3 Å². The third-order valence-electron chi connectivity index (χ3n) is 5.39. The van der Waals surface area contributed by atoms with Gasteiger partial charge in [-0.1, -0.05) is 12.1 Å². The van der Waals surface area contributed by atoms with E-state index in [0.717, 1.165) is 22.4 Å². The first-order chi connectivity index (χ1) is 13.8. The molecule has 2 amide bonds. The van der Waals surface area contributed by atoms with Crippen molar-refractivity contribution in [3.8, 4) is 5.75 Å². The molecule has 1 heterocycles. The Morgan fingerprint density at radius 3 is 2.59 bits per heavy atom. The number of nitrogens with zero attached hydrogens (tertiary/aromatic N) is 1. The molecule has 1 aliphatic rings. The fraction of sp³-hybridized carbons (Fsp3) is 0.391. The topological polar surface area (TPSA) is 72.4 Å². The van der Waals surface area contributed by atoms with Crippen LogP contribution in [0.2, 0.25) is 0 Å². The number of carbonyl (C=O) groups is 2. The molecule has 29 heavy (non-hydrogen) atoms. The van der Waals surface area contributed by atoms with Crippen molar-refractivity contribution in [1.29, 1.82) is 0 Å². The molecule has 1 atom stereocenters. The first kappa shape index (κ1) is 20.7. The molecule has 3 rings (SSSR count). The Labute approximate surface area is 171 Å². The highest BCUT2D eigenvalue weighted by molar-refractivity contribution is 5.93. The Morgan fingerprint density at radius 2 is 1.90 bits per heavy atom. The summed E-state index contributed by atoms with van der Waals surface area (Å²) in [5.41, 5.74) is 10.3. The maximum absolute atomic E-state index is 12.2. The molecule has 2 N–H and O–H groups in total. The SMILES string of the molecule is Cc1cccc(O[C@@H](C)C(=O)NNC(=O)/C=C/c2cc(C)n(C3CC3)c2C)c1C. The molecule has 154 valence electrons. The second kappa shape index (κ2) is 8.55. The highest BCUT2D eigenvalue weighted by atomic mass is 16.5. The molecule has 1 saturated carbocycles. The number of aromatic nitrogens is 1. The second-order valence-electron chi connectivity index (χ2n) is 7.70. The molecular weight excluding hydrogens is 366 g/mol. The minimum absolute atomic E-state index is 0.395. The fourth-order valence-corrected chi connectivity index (χ4v) is 3.39. The summed E-state index contributed by atoms with van der Waals surface area (Å²) >= 11 is 0. The molecule has 1 aliphatic carbocycles. The first-order valence-corrected chi connectivity index (χ1v) is 9.97. The number of rotatable bonds is 6. The van der Waals surface area contributed by atoms with Gasteiger partial charge in [0.2, 0.25) is 0 Å². The van der Waals surface area contributed by atoms with Gasteiger partial charge in [-0.15, -0.1) is 0 Å². The van der Waals surface area contributed by atoms with Crippen molar-refractivity contribution in [2.45, 2.75) is 59.6 Å². The zero-order valence-corrected chi connectivity index (χ0v) is 17.7. The molecule has 1 fully saturated rings. The van der Waals surface area contributed by atoms with E-state index in [9.17, 15) is 9.59 Å². The fourth-order valence-electron chi connectivity index (χ4n) is 3.39. The Bertz CT molecular complexity index is 955. The quantitative estimate of drug-likeness (QED) is 0.579. The van der Waals surface area contributed by atoms with Crippen molar-refractivity contribution in [3.63, 3.8) is 0 Å². The normalized spacial score (nSPS) is 14.7. The number of aryl methyl sites for hydroxylation is 2.